The third-order valence-corrected chi connectivity index (χ3v) is 5.79. The second-order valence-electron chi connectivity index (χ2n) is 7.58. The summed E-state index contributed by atoms with van der Waals surface area (Å²) in [7, 11) is 2.76. The maximum Gasteiger partial charge on any atom is 0.316 e. The molecule has 0 spiro atoms. The van der Waals surface area contributed by atoms with Crippen molar-refractivity contribution in [3.8, 4) is 11.5 Å². The highest BCUT2D eigenvalue weighted by Gasteiger charge is 2.44. The quantitative estimate of drug-likeness (QED) is 0.527. The number of phenolic OH excluding ortho intramolecular Hbond substituents is 1. The smallest absolute Gasteiger partial charge is 0.316 e. The van der Waals surface area contributed by atoms with Crippen LogP contribution < -0.4 is 15.4 Å². The van der Waals surface area contributed by atoms with Gasteiger partial charge in [0.25, 0.3) is 0 Å². The predicted molar refractivity (Wildman–Crippen MR) is 112 cm³/mol. The van der Waals surface area contributed by atoms with Crippen LogP contribution in [0.3, 0.4) is 0 Å². The maximum absolute atomic E-state index is 13.6. The van der Waals surface area contributed by atoms with Crippen LogP contribution in [0.15, 0.2) is 53.7 Å². The number of ether oxygens (including phenoxy) is 2. The zero-order valence-corrected chi connectivity index (χ0v) is 17.1. The van der Waals surface area contributed by atoms with Crippen LogP contribution in [-0.2, 0) is 14.3 Å². The Morgan fingerprint density at radius 3 is 2.53 bits per heavy atom. The fourth-order valence-corrected chi connectivity index (χ4v) is 4.30. The maximum atomic E-state index is 13.6. The third-order valence-electron chi connectivity index (χ3n) is 5.79. The number of carbonyl (C=O) groups is 2. The van der Waals surface area contributed by atoms with E-state index in [1.165, 1.54) is 14.2 Å². The number of methoxy groups -OCH3 is 2. The molecule has 7 nitrogen and oxygen atoms in total. The minimum absolute atomic E-state index is 0.0511. The van der Waals surface area contributed by atoms with Gasteiger partial charge in [0.05, 0.1) is 31.6 Å². The molecule has 0 saturated heterocycles. The number of hydrogen-bond acceptors (Lipinski definition) is 7. The molecule has 0 saturated carbocycles. The average Bonchev–Trinajstić information content (AvgIpc) is 2.90. The Labute approximate surface area is 174 Å². The van der Waals surface area contributed by atoms with Gasteiger partial charge in [0.15, 0.2) is 17.3 Å². The summed E-state index contributed by atoms with van der Waals surface area (Å²) in [4.78, 5) is 26.0. The molecule has 4 rings (SSSR count). The molecule has 2 aliphatic rings. The first-order valence-corrected chi connectivity index (χ1v) is 9.79. The Hall–Kier alpha value is -3.48. The van der Waals surface area contributed by atoms with Gasteiger partial charge in [0.1, 0.15) is 5.92 Å². The molecular weight excluding hydrogens is 384 g/mol. The summed E-state index contributed by atoms with van der Waals surface area (Å²) in [6.07, 6.45) is 0.498. The van der Waals surface area contributed by atoms with E-state index in [0.29, 0.717) is 23.3 Å². The molecule has 2 aromatic rings. The van der Waals surface area contributed by atoms with Crippen molar-refractivity contribution < 1.29 is 24.2 Å². The van der Waals surface area contributed by atoms with E-state index in [4.69, 9.17) is 9.47 Å². The van der Waals surface area contributed by atoms with Crippen LogP contribution in [0.5, 0.6) is 11.5 Å². The zero-order chi connectivity index (χ0) is 21.4. The van der Waals surface area contributed by atoms with E-state index < -0.39 is 17.9 Å². The summed E-state index contributed by atoms with van der Waals surface area (Å²) in [6, 6.07) is 12.1. The van der Waals surface area contributed by atoms with E-state index in [2.05, 4.69) is 10.6 Å². The van der Waals surface area contributed by atoms with Gasteiger partial charge in [-0.05, 0) is 30.5 Å². The number of ketones is 1. The molecule has 156 valence electrons. The molecule has 0 radical (unpaired) electrons. The van der Waals surface area contributed by atoms with Gasteiger partial charge < -0.3 is 25.2 Å². The molecule has 3 N–H and O–H groups in total. The van der Waals surface area contributed by atoms with Crippen LogP contribution in [0, 0.1) is 11.8 Å². The van der Waals surface area contributed by atoms with Gasteiger partial charge in [-0.1, -0.05) is 31.2 Å². The molecule has 1 aliphatic heterocycles. The van der Waals surface area contributed by atoms with Gasteiger partial charge >= 0.3 is 5.97 Å². The van der Waals surface area contributed by atoms with Gasteiger partial charge in [-0.2, -0.15) is 0 Å². The van der Waals surface area contributed by atoms with Crippen molar-refractivity contribution in [2.75, 3.05) is 24.9 Å². The van der Waals surface area contributed by atoms with Gasteiger partial charge in [0.2, 0.25) is 0 Å². The SMILES string of the molecule is COC(=O)[C@@H]1C(=O)C2=C(C[C@@H]1C)Nc1ccccc1N[C@H]2c1cccc(OC)c1O. The molecule has 0 aromatic heterocycles. The van der Waals surface area contributed by atoms with Crippen LogP contribution in [0.25, 0.3) is 0 Å². The minimum Gasteiger partial charge on any atom is -0.504 e. The molecule has 30 heavy (non-hydrogen) atoms. The number of rotatable bonds is 3. The molecule has 0 bridgehead atoms. The van der Waals surface area contributed by atoms with Crippen molar-refractivity contribution in [1.29, 1.82) is 0 Å². The van der Waals surface area contributed by atoms with E-state index >= 15 is 0 Å². The lowest BCUT2D eigenvalue weighted by Gasteiger charge is -2.32. The highest BCUT2D eigenvalue weighted by molar-refractivity contribution is 6.11. The Balaban J connectivity index is 1.91. The number of aromatic hydroxyl groups is 1. The normalized spacial score (nSPS) is 22.8. The molecule has 3 atom stereocenters. The first kappa shape index (κ1) is 19.8. The Morgan fingerprint density at radius 2 is 1.83 bits per heavy atom. The van der Waals surface area contributed by atoms with Gasteiger partial charge in [-0.15, -0.1) is 0 Å². The first-order valence-electron chi connectivity index (χ1n) is 9.79. The standard InChI is InChI=1S/C23H24N2O5/c1-12-11-16-19(22(27)18(12)23(28)30-3)20(13-7-6-10-17(29-2)21(13)26)25-15-9-5-4-8-14(15)24-16/h4-10,12,18,20,24-26H,11H2,1-3H3/t12-,18-,20-/m0/s1. The summed E-state index contributed by atoms with van der Waals surface area (Å²) in [5.74, 6) is -1.72. The number of para-hydroxylation sites is 3. The fraction of sp³-hybridized carbons (Fsp3) is 0.304. The van der Waals surface area contributed by atoms with Crippen molar-refractivity contribution in [2.24, 2.45) is 11.8 Å². The van der Waals surface area contributed by atoms with E-state index in [1.54, 1.807) is 18.2 Å². The summed E-state index contributed by atoms with van der Waals surface area (Å²) < 4.78 is 10.2. The van der Waals surface area contributed by atoms with Crippen LogP contribution in [0.2, 0.25) is 0 Å². The van der Waals surface area contributed by atoms with Gasteiger partial charge in [-0.25, -0.2) is 0 Å². The number of allylic oxidation sites excluding steroid dienone is 1. The Kier molecular flexibility index (Phi) is 5.11. The summed E-state index contributed by atoms with van der Waals surface area (Å²) >= 11 is 0. The van der Waals surface area contributed by atoms with E-state index in [-0.39, 0.29) is 17.5 Å². The number of carbonyl (C=O) groups excluding carboxylic acids is 2. The van der Waals surface area contributed by atoms with Gasteiger partial charge in [-0.3, -0.25) is 9.59 Å². The number of phenols is 1. The lowest BCUT2D eigenvalue weighted by molar-refractivity contribution is -0.151. The van der Waals surface area contributed by atoms with Crippen molar-refractivity contribution in [3.05, 3.63) is 59.3 Å². The summed E-state index contributed by atoms with van der Waals surface area (Å²) in [5.41, 5.74) is 3.26. The summed E-state index contributed by atoms with van der Waals surface area (Å²) in [6.45, 7) is 1.87. The van der Waals surface area contributed by atoms with E-state index in [9.17, 15) is 14.7 Å². The highest BCUT2D eigenvalue weighted by atomic mass is 16.5. The number of hydrogen-bond donors (Lipinski definition) is 3. The number of fused-ring (bicyclic) bond motifs is 1. The van der Waals surface area contributed by atoms with Crippen LogP contribution in [0.1, 0.15) is 24.9 Å². The average molecular weight is 408 g/mol. The van der Waals surface area contributed by atoms with Gasteiger partial charge in [0, 0.05) is 16.8 Å². The van der Waals surface area contributed by atoms with Crippen LogP contribution in [0.4, 0.5) is 11.4 Å². The minimum atomic E-state index is -0.895. The van der Waals surface area contributed by atoms with Crippen LogP contribution >= 0.6 is 0 Å². The highest BCUT2D eigenvalue weighted by Crippen LogP contribution is 2.46. The largest absolute Gasteiger partial charge is 0.504 e. The molecular formula is C23H24N2O5. The Bertz CT molecular complexity index is 1050. The molecule has 0 amide bonds. The van der Waals surface area contributed by atoms with Crippen molar-refractivity contribution >= 4 is 23.1 Å². The molecule has 1 heterocycles. The Morgan fingerprint density at radius 1 is 1.10 bits per heavy atom. The topological polar surface area (TPSA) is 96.9 Å². The predicted octanol–water partition coefficient (Wildman–Crippen LogP) is 3.63. The van der Waals surface area contributed by atoms with Crippen molar-refractivity contribution in [1.82, 2.24) is 0 Å². The first-order chi connectivity index (χ1) is 14.5. The third kappa shape index (κ3) is 3.16. The number of anilines is 2. The zero-order valence-electron chi connectivity index (χ0n) is 17.1. The number of esters is 1. The second-order valence-corrected chi connectivity index (χ2v) is 7.58. The molecule has 0 unspecified atom stereocenters. The van der Waals surface area contributed by atoms with E-state index in [1.807, 2.05) is 31.2 Å². The molecule has 7 heteroatoms. The lowest BCUT2D eigenvalue weighted by atomic mass is 9.74. The lowest BCUT2D eigenvalue weighted by Crippen LogP contribution is -2.39. The van der Waals surface area contributed by atoms with E-state index in [0.717, 1.165) is 17.1 Å². The second kappa shape index (κ2) is 7.74. The number of Topliss-reactive ketones (excluding diaryl/α,β-unsaturated/α-hetero) is 1. The number of benzene rings is 2. The molecule has 2 aromatic carbocycles. The number of nitrogens with one attached hydrogen (secondary N) is 2. The monoisotopic (exact) mass is 408 g/mol. The van der Waals surface area contributed by atoms with Crippen molar-refractivity contribution in [3.63, 3.8) is 0 Å². The molecule has 0 fully saturated rings. The van der Waals surface area contributed by atoms with Crippen LogP contribution in [-0.4, -0.2) is 31.1 Å². The molecule has 1 aliphatic carbocycles. The fourth-order valence-electron chi connectivity index (χ4n) is 4.30. The summed E-state index contributed by atoms with van der Waals surface area (Å²) in [5, 5.41) is 17.6. The van der Waals surface area contributed by atoms with Crippen molar-refractivity contribution in [2.45, 2.75) is 19.4 Å².